The molecule has 2 aromatic carbocycles. The van der Waals surface area contributed by atoms with E-state index >= 15 is 0 Å². The summed E-state index contributed by atoms with van der Waals surface area (Å²) in [4.78, 5) is 13.3. The second-order valence-corrected chi connectivity index (χ2v) is 6.77. The lowest BCUT2D eigenvalue weighted by atomic mass is 10.1. The second-order valence-electron chi connectivity index (χ2n) is 5.35. The SMILES string of the molecule is Cc1ccc(S[C@@H](C)C(=O)N[C@H](C)c2ccc(F)cc2)cc1. The number of halogens is 1. The van der Waals surface area contributed by atoms with Crippen LogP contribution in [-0.4, -0.2) is 11.2 Å². The van der Waals surface area contributed by atoms with Crippen molar-refractivity contribution in [2.24, 2.45) is 0 Å². The van der Waals surface area contributed by atoms with E-state index < -0.39 is 0 Å². The first-order valence-corrected chi connectivity index (χ1v) is 8.13. The van der Waals surface area contributed by atoms with Crippen LogP contribution in [0.5, 0.6) is 0 Å². The first-order chi connectivity index (χ1) is 10.5. The van der Waals surface area contributed by atoms with Gasteiger partial charge in [0.25, 0.3) is 0 Å². The molecular weight excluding hydrogens is 297 g/mol. The highest BCUT2D eigenvalue weighted by molar-refractivity contribution is 8.00. The maximum atomic E-state index is 12.9. The van der Waals surface area contributed by atoms with Gasteiger partial charge in [0, 0.05) is 4.90 Å². The number of carbonyl (C=O) groups is 1. The molecule has 116 valence electrons. The number of thioether (sulfide) groups is 1. The molecule has 0 fully saturated rings. The van der Waals surface area contributed by atoms with Gasteiger partial charge in [-0.25, -0.2) is 4.39 Å². The van der Waals surface area contributed by atoms with E-state index in [9.17, 15) is 9.18 Å². The number of hydrogen-bond donors (Lipinski definition) is 1. The van der Waals surface area contributed by atoms with Crippen LogP contribution in [0.4, 0.5) is 4.39 Å². The first-order valence-electron chi connectivity index (χ1n) is 7.25. The molecule has 0 heterocycles. The zero-order valence-corrected chi connectivity index (χ0v) is 13.8. The van der Waals surface area contributed by atoms with Gasteiger partial charge in [0.05, 0.1) is 11.3 Å². The minimum Gasteiger partial charge on any atom is -0.349 e. The van der Waals surface area contributed by atoms with Crippen molar-refractivity contribution in [2.75, 3.05) is 0 Å². The topological polar surface area (TPSA) is 29.1 Å². The lowest BCUT2D eigenvalue weighted by Crippen LogP contribution is -2.33. The summed E-state index contributed by atoms with van der Waals surface area (Å²) in [5.41, 5.74) is 2.09. The zero-order chi connectivity index (χ0) is 16.1. The summed E-state index contributed by atoms with van der Waals surface area (Å²) in [6.45, 7) is 5.82. The van der Waals surface area contributed by atoms with Gasteiger partial charge in [-0.2, -0.15) is 0 Å². The number of nitrogens with one attached hydrogen (secondary N) is 1. The first kappa shape index (κ1) is 16.6. The van der Waals surface area contributed by atoms with Crippen LogP contribution in [0.1, 0.15) is 31.0 Å². The zero-order valence-electron chi connectivity index (χ0n) is 13.0. The smallest absolute Gasteiger partial charge is 0.233 e. The van der Waals surface area contributed by atoms with Gasteiger partial charge in [-0.05, 0) is 50.6 Å². The van der Waals surface area contributed by atoms with E-state index in [-0.39, 0.29) is 23.0 Å². The van der Waals surface area contributed by atoms with Crippen molar-refractivity contribution < 1.29 is 9.18 Å². The Kier molecular flexibility index (Phi) is 5.61. The molecule has 0 aliphatic carbocycles. The fourth-order valence-corrected chi connectivity index (χ4v) is 2.92. The van der Waals surface area contributed by atoms with E-state index in [2.05, 4.69) is 5.32 Å². The Bertz CT molecular complexity index is 625. The Balaban J connectivity index is 1.93. The summed E-state index contributed by atoms with van der Waals surface area (Å²) in [6, 6.07) is 14.2. The molecular formula is C18H20FNOS. The van der Waals surface area contributed by atoms with Gasteiger partial charge in [-0.3, -0.25) is 4.79 Å². The maximum Gasteiger partial charge on any atom is 0.233 e. The molecule has 4 heteroatoms. The van der Waals surface area contributed by atoms with Crippen molar-refractivity contribution in [3.63, 3.8) is 0 Å². The molecule has 22 heavy (non-hydrogen) atoms. The summed E-state index contributed by atoms with van der Waals surface area (Å²) < 4.78 is 12.9. The van der Waals surface area contributed by atoms with Crippen molar-refractivity contribution >= 4 is 17.7 Å². The van der Waals surface area contributed by atoms with Crippen molar-refractivity contribution in [1.29, 1.82) is 0 Å². The number of rotatable bonds is 5. The quantitative estimate of drug-likeness (QED) is 0.823. The summed E-state index contributed by atoms with van der Waals surface area (Å²) in [6.07, 6.45) is 0. The average molecular weight is 317 g/mol. The molecule has 0 bridgehead atoms. The molecule has 1 N–H and O–H groups in total. The van der Waals surface area contributed by atoms with Gasteiger partial charge in [0.1, 0.15) is 5.82 Å². The minimum absolute atomic E-state index is 0.0256. The van der Waals surface area contributed by atoms with Crippen LogP contribution < -0.4 is 5.32 Å². The number of aryl methyl sites for hydroxylation is 1. The Hall–Kier alpha value is -1.81. The maximum absolute atomic E-state index is 12.9. The molecule has 1 amide bonds. The molecule has 0 saturated heterocycles. The molecule has 0 aliphatic heterocycles. The summed E-state index contributed by atoms with van der Waals surface area (Å²) in [5, 5.41) is 2.78. The van der Waals surface area contributed by atoms with Crippen molar-refractivity contribution in [2.45, 2.75) is 37.0 Å². The number of carbonyl (C=O) groups excluding carboxylic acids is 1. The summed E-state index contributed by atoms with van der Waals surface area (Å²) in [5.74, 6) is -0.298. The van der Waals surface area contributed by atoms with E-state index in [1.807, 2.05) is 45.0 Å². The number of amides is 1. The average Bonchev–Trinajstić information content (AvgIpc) is 2.50. The lowest BCUT2D eigenvalue weighted by molar-refractivity contribution is -0.120. The molecule has 2 atom stereocenters. The van der Waals surface area contributed by atoms with Gasteiger partial charge in [0.15, 0.2) is 0 Å². The van der Waals surface area contributed by atoms with Crippen LogP contribution in [0.15, 0.2) is 53.4 Å². The predicted molar refractivity (Wildman–Crippen MR) is 89.5 cm³/mol. The molecule has 0 saturated carbocycles. The van der Waals surface area contributed by atoms with E-state index in [1.165, 1.54) is 29.5 Å². The van der Waals surface area contributed by atoms with Crippen LogP contribution in [0.3, 0.4) is 0 Å². The third-order valence-corrected chi connectivity index (χ3v) is 4.54. The highest BCUT2D eigenvalue weighted by Crippen LogP contribution is 2.24. The van der Waals surface area contributed by atoms with Crippen molar-refractivity contribution in [3.05, 3.63) is 65.5 Å². The van der Waals surface area contributed by atoms with Gasteiger partial charge < -0.3 is 5.32 Å². The van der Waals surface area contributed by atoms with Gasteiger partial charge in [0.2, 0.25) is 5.91 Å². The van der Waals surface area contributed by atoms with Gasteiger partial charge in [-0.1, -0.05) is 29.8 Å². The Labute approximate surface area is 135 Å². The summed E-state index contributed by atoms with van der Waals surface area (Å²) in [7, 11) is 0. The van der Waals surface area contributed by atoms with E-state index in [1.54, 1.807) is 12.1 Å². The third kappa shape index (κ3) is 4.60. The molecule has 0 spiro atoms. The Morgan fingerprint density at radius 3 is 2.23 bits per heavy atom. The highest BCUT2D eigenvalue weighted by Gasteiger charge is 2.17. The molecule has 0 radical (unpaired) electrons. The monoisotopic (exact) mass is 317 g/mol. The molecule has 2 nitrogen and oxygen atoms in total. The van der Waals surface area contributed by atoms with Crippen molar-refractivity contribution in [1.82, 2.24) is 5.32 Å². The fraction of sp³-hybridized carbons (Fsp3) is 0.278. The van der Waals surface area contributed by atoms with E-state index in [0.717, 1.165) is 10.5 Å². The molecule has 2 rings (SSSR count). The molecule has 0 aliphatic rings. The molecule has 0 unspecified atom stereocenters. The standard InChI is InChI=1S/C18H20FNOS/c1-12-4-10-17(11-5-12)22-14(3)18(21)20-13(2)15-6-8-16(19)9-7-15/h4-11,13-14H,1-3H3,(H,20,21)/t13-,14+/m1/s1. The van der Waals surface area contributed by atoms with E-state index in [4.69, 9.17) is 0 Å². The van der Waals surface area contributed by atoms with Gasteiger partial charge >= 0.3 is 0 Å². The van der Waals surface area contributed by atoms with Crippen LogP contribution >= 0.6 is 11.8 Å². The predicted octanol–water partition coefficient (Wildman–Crippen LogP) is 4.49. The minimum atomic E-state index is -0.273. The Morgan fingerprint density at radius 2 is 1.64 bits per heavy atom. The van der Waals surface area contributed by atoms with Crippen molar-refractivity contribution in [3.8, 4) is 0 Å². The number of hydrogen-bond acceptors (Lipinski definition) is 2. The highest BCUT2D eigenvalue weighted by atomic mass is 32.2. The summed E-state index contributed by atoms with van der Waals surface area (Å²) >= 11 is 1.53. The largest absolute Gasteiger partial charge is 0.349 e. The van der Waals surface area contributed by atoms with Crippen LogP contribution in [0.25, 0.3) is 0 Å². The fourth-order valence-electron chi connectivity index (χ4n) is 2.04. The number of benzene rings is 2. The molecule has 0 aromatic heterocycles. The molecule has 2 aromatic rings. The lowest BCUT2D eigenvalue weighted by Gasteiger charge is -2.18. The third-order valence-electron chi connectivity index (χ3n) is 3.43. The van der Waals surface area contributed by atoms with Crippen LogP contribution in [-0.2, 0) is 4.79 Å². The van der Waals surface area contributed by atoms with Crippen LogP contribution in [0.2, 0.25) is 0 Å². The normalized spacial score (nSPS) is 13.5. The van der Waals surface area contributed by atoms with E-state index in [0.29, 0.717) is 0 Å². The second kappa shape index (κ2) is 7.45. The van der Waals surface area contributed by atoms with Crippen LogP contribution in [0, 0.1) is 12.7 Å². The van der Waals surface area contributed by atoms with Gasteiger partial charge in [-0.15, -0.1) is 11.8 Å². The Morgan fingerprint density at radius 1 is 1.05 bits per heavy atom.